The van der Waals surface area contributed by atoms with Crippen LogP contribution in [0.25, 0.3) is 0 Å². The molecule has 0 bridgehead atoms. The zero-order valence-corrected chi connectivity index (χ0v) is 15.9. The van der Waals surface area contributed by atoms with Crippen LogP contribution in [0.1, 0.15) is 43.0 Å². The second kappa shape index (κ2) is 7.11. The quantitative estimate of drug-likeness (QED) is 0.868. The summed E-state index contributed by atoms with van der Waals surface area (Å²) in [6.45, 7) is 2.46. The van der Waals surface area contributed by atoms with Crippen LogP contribution in [-0.2, 0) is 9.59 Å². The summed E-state index contributed by atoms with van der Waals surface area (Å²) < 4.78 is 0. The average molecular weight is 377 g/mol. The maximum Gasteiger partial charge on any atom is 0.271 e. The van der Waals surface area contributed by atoms with Gasteiger partial charge in [0.1, 0.15) is 0 Å². The van der Waals surface area contributed by atoms with E-state index in [4.69, 9.17) is 0 Å². The zero-order valence-electron chi connectivity index (χ0n) is 15.9. The number of hydrogen-bond donors (Lipinski definition) is 1. The molecule has 1 fully saturated rings. The van der Waals surface area contributed by atoms with Crippen molar-refractivity contribution in [2.24, 2.45) is 0 Å². The molecular weight excluding hydrogens is 354 g/mol. The third-order valence-electron chi connectivity index (χ3n) is 5.50. The first-order chi connectivity index (χ1) is 13.6. The second-order valence-electron chi connectivity index (χ2n) is 7.19. The number of nitrogens with one attached hydrogen (secondary N) is 1. The maximum atomic E-state index is 13.5. The molecule has 2 aromatic carbocycles. The molecule has 0 aliphatic carbocycles. The topological polar surface area (TPSA) is 69.7 Å². The van der Waals surface area contributed by atoms with Gasteiger partial charge in [0.05, 0.1) is 11.3 Å². The highest BCUT2D eigenvalue weighted by Gasteiger charge is 2.60. The van der Waals surface area contributed by atoms with Crippen LogP contribution in [0.5, 0.6) is 0 Å². The predicted octanol–water partition coefficient (Wildman–Crippen LogP) is 3.40. The lowest BCUT2D eigenvalue weighted by Gasteiger charge is -2.49. The Kier molecular flexibility index (Phi) is 4.63. The maximum absolute atomic E-state index is 13.5. The van der Waals surface area contributed by atoms with Crippen LogP contribution in [-0.4, -0.2) is 34.8 Å². The predicted molar refractivity (Wildman–Crippen MR) is 107 cm³/mol. The molecule has 6 heteroatoms. The summed E-state index contributed by atoms with van der Waals surface area (Å²) >= 11 is 0. The van der Waals surface area contributed by atoms with Gasteiger partial charge in [0.15, 0.2) is 0 Å². The van der Waals surface area contributed by atoms with Gasteiger partial charge in [0, 0.05) is 25.1 Å². The molecule has 0 unspecified atom stereocenters. The number of nitrogens with zero attached hydrogens (tertiary/aromatic N) is 2. The van der Waals surface area contributed by atoms with Crippen LogP contribution in [0, 0.1) is 0 Å². The summed E-state index contributed by atoms with van der Waals surface area (Å²) in [6, 6.07) is 16.2. The Bertz CT molecular complexity index is 928. The van der Waals surface area contributed by atoms with Crippen LogP contribution in [0.4, 0.5) is 11.4 Å². The van der Waals surface area contributed by atoms with Gasteiger partial charge in [-0.25, -0.2) is 0 Å². The number of rotatable bonds is 5. The molecule has 2 aliphatic rings. The van der Waals surface area contributed by atoms with Crippen LogP contribution in [0.15, 0.2) is 54.6 Å². The summed E-state index contributed by atoms with van der Waals surface area (Å²) in [5.74, 6) is -0.675. The molecule has 2 aliphatic heterocycles. The van der Waals surface area contributed by atoms with Crippen molar-refractivity contribution >= 4 is 29.1 Å². The van der Waals surface area contributed by atoms with E-state index < -0.39 is 5.66 Å². The van der Waals surface area contributed by atoms with E-state index in [2.05, 4.69) is 5.32 Å². The van der Waals surface area contributed by atoms with Crippen LogP contribution in [0.2, 0.25) is 0 Å². The van der Waals surface area contributed by atoms with Crippen molar-refractivity contribution in [3.63, 3.8) is 0 Å². The van der Waals surface area contributed by atoms with Gasteiger partial charge in [-0.3, -0.25) is 19.3 Å². The first-order valence-electron chi connectivity index (χ1n) is 9.70. The lowest BCUT2D eigenvalue weighted by atomic mass is 9.95. The molecule has 0 spiro atoms. The number of fused-ring (bicyclic) bond motifs is 3. The number of unbranched alkanes of at least 4 members (excludes halogenated alkanes) is 1. The monoisotopic (exact) mass is 377 g/mol. The highest BCUT2D eigenvalue weighted by Crippen LogP contribution is 2.45. The minimum absolute atomic E-state index is 0.135. The highest BCUT2D eigenvalue weighted by atomic mass is 16.2. The van der Waals surface area contributed by atoms with Crippen molar-refractivity contribution in [1.82, 2.24) is 4.90 Å². The number of benzene rings is 2. The number of amides is 3. The average Bonchev–Trinajstić information content (AvgIpc) is 3.07. The molecule has 0 aromatic heterocycles. The molecule has 0 saturated carbocycles. The fourth-order valence-electron chi connectivity index (χ4n) is 4.16. The first kappa shape index (κ1) is 18.2. The fraction of sp³-hybridized carbons (Fsp3) is 0.318. The van der Waals surface area contributed by atoms with Gasteiger partial charge >= 0.3 is 0 Å². The van der Waals surface area contributed by atoms with Crippen molar-refractivity contribution in [3.05, 3.63) is 60.2 Å². The van der Waals surface area contributed by atoms with E-state index in [-0.39, 0.29) is 30.6 Å². The van der Waals surface area contributed by atoms with Gasteiger partial charge in [-0.2, -0.15) is 0 Å². The normalized spacial score (nSPS) is 20.8. The molecule has 144 valence electrons. The number of anilines is 2. The zero-order chi connectivity index (χ0) is 19.7. The Morgan fingerprint density at radius 2 is 1.79 bits per heavy atom. The van der Waals surface area contributed by atoms with Gasteiger partial charge in [-0.1, -0.05) is 43.7 Å². The van der Waals surface area contributed by atoms with E-state index in [0.29, 0.717) is 23.5 Å². The molecule has 2 heterocycles. The minimum atomic E-state index is -1.33. The van der Waals surface area contributed by atoms with E-state index in [0.717, 1.165) is 12.8 Å². The van der Waals surface area contributed by atoms with Crippen LogP contribution in [0.3, 0.4) is 0 Å². The van der Waals surface area contributed by atoms with Gasteiger partial charge in [0.25, 0.3) is 11.8 Å². The fourth-order valence-corrected chi connectivity index (χ4v) is 4.16. The lowest BCUT2D eigenvalue weighted by Crippen LogP contribution is -2.69. The smallest absolute Gasteiger partial charge is 0.271 e. The van der Waals surface area contributed by atoms with Gasteiger partial charge < -0.3 is 10.2 Å². The minimum Gasteiger partial charge on any atom is -0.322 e. The summed E-state index contributed by atoms with van der Waals surface area (Å²) in [4.78, 5) is 42.9. The molecule has 2 aromatic rings. The van der Waals surface area contributed by atoms with Crippen molar-refractivity contribution < 1.29 is 14.4 Å². The number of hydrogen-bond acceptors (Lipinski definition) is 3. The summed E-state index contributed by atoms with van der Waals surface area (Å²) in [7, 11) is 0. The van der Waals surface area contributed by atoms with Gasteiger partial charge in [0.2, 0.25) is 11.6 Å². The highest BCUT2D eigenvalue weighted by molar-refractivity contribution is 6.18. The number of para-hydroxylation sites is 2. The molecular formula is C22H23N3O3. The van der Waals surface area contributed by atoms with Crippen LogP contribution >= 0.6 is 0 Å². The molecule has 1 atom stereocenters. The molecule has 1 saturated heterocycles. The third-order valence-corrected chi connectivity index (χ3v) is 5.50. The molecule has 28 heavy (non-hydrogen) atoms. The van der Waals surface area contributed by atoms with Crippen molar-refractivity contribution in [2.45, 2.75) is 38.3 Å². The van der Waals surface area contributed by atoms with Gasteiger partial charge in [-0.05, 0) is 30.7 Å². The van der Waals surface area contributed by atoms with E-state index >= 15 is 0 Å². The Balaban J connectivity index is 1.83. The van der Waals surface area contributed by atoms with Crippen LogP contribution < -0.4 is 10.2 Å². The molecule has 3 amide bonds. The van der Waals surface area contributed by atoms with Crippen molar-refractivity contribution in [2.75, 3.05) is 16.8 Å². The Hall–Kier alpha value is -3.15. The van der Waals surface area contributed by atoms with E-state index in [1.807, 2.05) is 25.1 Å². The lowest BCUT2D eigenvalue weighted by molar-refractivity contribution is -0.129. The molecule has 1 N–H and O–H groups in total. The molecule has 0 radical (unpaired) electrons. The van der Waals surface area contributed by atoms with Crippen molar-refractivity contribution in [3.8, 4) is 0 Å². The summed E-state index contributed by atoms with van der Waals surface area (Å²) in [6.07, 6.45) is 2.16. The molecule has 4 rings (SSSR count). The second-order valence-corrected chi connectivity index (χ2v) is 7.19. The number of carbonyl (C=O) groups excluding carboxylic acids is 3. The molecule has 6 nitrogen and oxygen atoms in total. The largest absolute Gasteiger partial charge is 0.322 e. The summed E-state index contributed by atoms with van der Waals surface area (Å²) in [5.41, 5.74) is 0.305. The van der Waals surface area contributed by atoms with Gasteiger partial charge in [-0.15, -0.1) is 0 Å². The van der Waals surface area contributed by atoms with E-state index in [1.54, 1.807) is 41.3 Å². The first-order valence-corrected chi connectivity index (χ1v) is 9.70. The SMILES string of the molecule is CCCCN1C(=O)c2ccccc2N2C(=O)CC[C@]12C(=O)Nc1ccccc1. The Morgan fingerprint density at radius 1 is 1.07 bits per heavy atom. The Morgan fingerprint density at radius 3 is 2.54 bits per heavy atom. The Labute approximate surface area is 164 Å². The van der Waals surface area contributed by atoms with E-state index in [1.165, 1.54) is 4.90 Å². The van der Waals surface area contributed by atoms with E-state index in [9.17, 15) is 14.4 Å². The number of carbonyl (C=O) groups is 3. The standard InChI is InChI=1S/C22H23N3O3/c1-2-3-15-24-20(27)17-11-7-8-12-18(17)25-19(26)13-14-22(24,25)21(28)23-16-9-5-4-6-10-16/h4-12H,2-3,13-15H2,1H3,(H,23,28)/t22-/m0/s1. The third kappa shape index (κ3) is 2.68. The van der Waals surface area contributed by atoms with Crippen molar-refractivity contribution in [1.29, 1.82) is 0 Å². The summed E-state index contributed by atoms with van der Waals surface area (Å²) in [5, 5.41) is 2.93.